The van der Waals surface area contributed by atoms with Crippen LogP contribution in [0.4, 0.5) is 0 Å². The molecule has 3 unspecified atom stereocenters. The molecule has 3 atom stereocenters. The van der Waals surface area contributed by atoms with E-state index in [1.165, 1.54) is 0 Å². The Morgan fingerprint density at radius 2 is 2.42 bits per heavy atom. The van der Waals surface area contributed by atoms with Crippen molar-refractivity contribution in [3.05, 3.63) is 0 Å². The maximum absolute atomic E-state index is 11.6. The van der Waals surface area contributed by atoms with Gasteiger partial charge < -0.3 is 10.5 Å². The molecule has 72 valence electrons. The van der Waals surface area contributed by atoms with Gasteiger partial charge in [-0.15, -0.1) is 0 Å². The van der Waals surface area contributed by atoms with E-state index in [4.69, 9.17) is 10.5 Å². The Labute approximate surface area is 76.1 Å². The van der Waals surface area contributed by atoms with E-state index < -0.39 is 10.8 Å². The molecule has 1 aliphatic heterocycles. The molecule has 12 heavy (non-hydrogen) atoms. The summed E-state index contributed by atoms with van der Waals surface area (Å²) in [5.74, 6) is 0.752. The average Bonchev–Trinajstić information content (AvgIpc) is 2.05. The SMILES string of the molecule is CCCS(=O)C1COCCC1N. The molecule has 0 aliphatic carbocycles. The van der Waals surface area contributed by atoms with Crippen LogP contribution >= 0.6 is 0 Å². The molecular formula is C8H17NO2S. The highest BCUT2D eigenvalue weighted by Gasteiger charge is 2.26. The second-order valence-corrected chi connectivity index (χ2v) is 4.93. The highest BCUT2D eigenvalue weighted by molar-refractivity contribution is 7.85. The Bertz CT molecular complexity index is 163. The van der Waals surface area contributed by atoms with E-state index in [0.29, 0.717) is 6.61 Å². The Morgan fingerprint density at radius 3 is 3.00 bits per heavy atom. The fourth-order valence-corrected chi connectivity index (χ4v) is 2.83. The molecule has 0 bridgehead atoms. The van der Waals surface area contributed by atoms with E-state index in [0.717, 1.165) is 25.2 Å². The molecule has 0 radical (unpaired) electrons. The zero-order valence-corrected chi connectivity index (χ0v) is 8.31. The van der Waals surface area contributed by atoms with Gasteiger partial charge in [0.25, 0.3) is 0 Å². The van der Waals surface area contributed by atoms with Gasteiger partial charge in [-0.1, -0.05) is 6.92 Å². The summed E-state index contributed by atoms with van der Waals surface area (Å²) in [5, 5.41) is 0.0682. The van der Waals surface area contributed by atoms with Crippen molar-refractivity contribution in [2.45, 2.75) is 31.1 Å². The minimum absolute atomic E-state index is 0.0682. The lowest BCUT2D eigenvalue weighted by Crippen LogP contribution is -2.46. The standard InChI is InChI=1S/C8H17NO2S/c1-2-5-12(10)8-6-11-4-3-7(8)9/h7-8H,2-6,9H2,1H3. The number of hydrogen-bond donors (Lipinski definition) is 1. The zero-order valence-electron chi connectivity index (χ0n) is 7.49. The Morgan fingerprint density at radius 1 is 1.67 bits per heavy atom. The van der Waals surface area contributed by atoms with Gasteiger partial charge in [-0.3, -0.25) is 4.21 Å². The maximum atomic E-state index is 11.6. The van der Waals surface area contributed by atoms with Crippen molar-refractivity contribution in [1.82, 2.24) is 0 Å². The summed E-state index contributed by atoms with van der Waals surface area (Å²) in [5.41, 5.74) is 5.84. The molecule has 0 aromatic heterocycles. The molecule has 1 fully saturated rings. The van der Waals surface area contributed by atoms with E-state index in [1.54, 1.807) is 0 Å². The first-order valence-corrected chi connectivity index (χ1v) is 5.84. The van der Waals surface area contributed by atoms with Gasteiger partial charge in [0.2, 0.25) is 0 Å². The molecule has 1 saturated heterocycles. The van der Waals surface area contributed by atoms with Crippen molar-refractivity contribution in [3.8, 4) is 0 Å². The quantitative estimate of drug-likeness (QED) is 0.696. The summed E-state index contributed by atoms with van der Waals surface area (Å²) < 4.78 is 16.8. The number of ether oxygens (including phenoxy) is 1. The summed E-state index contributed by atoms with van der Waals surface area (Å²) in [6.07, 6.45) is 1.80. The third-order valence-corrected chi connectivity index (χ3v) is 4.07. The normalized spacial score (nSPS) is 33.2. The lowest BCUT2D eigenvalue weighted by Gasteiger charge is -2.27. The van der Waals surface area contributed by atoms with Gasteiger partial charge in [-0.05, 0) is 12.8 Å². The van der Waals surface area contributed by atoms with E-state index in [1.807, 2.05) is 6.92 Å². The number of nitrogens with two attached hydrogens (primary N) is 1. The fraction of sp³-hybridized carbons (Fsp3) is 1.00. The van der Waals surface area contributed by atoms with Crippen LogP contribution in [-0.2, 0) is 15.5 Å². The van der Waals surface area contributed by atoms with Gasteiger partial charge in [-0.25, -0.2) is 0 Å². The minimum atomic E-state index is -0.787. The molecule has 0 saturated carbocycles. The zero-order chi connectivity index (χ0) is 8.97. The monoisotopic (exact) mass is 191 g/mol. The predicted molar refractivity (Wildman–Crippen MR) is 50.5 cm³/mol. The van der Waals surface area contributed by atoms with E-state index in [9.17, 15) is 4.21 Å². The highest BCUT2D eigenvalue weighted by atomic mass is 32.2. The molecule has 0 aromatic carbocycles. The van der Waals surface area contributed by atoms with Crippen molar-refractivity contribution in [2.24, 2.45) is 5.73 Å². The summed E-state index contributed by atoms with van der Waals surface area (Å²) >= 11 is 0. The topological polar surface area (TPSA) is 52.3 Å². The van der Waals surface area contributed by atoms with E-state index in [-0.39, 0.29) is 11.3 Å². The second-order valence-electron chi connectivity index (χ2n) is 3.15. The molecular weight excluding hydrogens is 174 g/mol. The van der Waals surface area contributed by atoms with Crippen LogP contribution in [0.25, 0.3) is 0 Å². The number of rotatable bonds is 3. The maximum Gasteiger partial charge on any atom is 0.0733 e. The molecule has 0 spiro atoms. The van der Waals surface area contributed by atoms with E-state index in [2.05, 4.69) is 0 Å². The molecule has 1 heterocycles. The predicted octanol–water partition coefficient (Wildman–Crippen LogP) is 0.261. The Balaban J connectivity index is 2.42. The van der Waals surface area contributed by atoms with Crippen LogP contribution in [0.2, 0.25) is 0 Å². The van der Waals surface area contributed by atoms with Crippen LogP contribution in [0.1, 0.15) is 19.8 Å². The van der Waals surface area contributed by atoms with Crippen LogP contribution in [0.5, 0.6) is 0 Å². The van der Waals surface area contributed by atoms with Crippen molar-refractivity contribution in [2.75, 3.05) is 19.0 Å². The molecule has 0 aromatic rings. The van der Waals surface area contributed by atoms with Gasteiger partial charge in [0.15, 0.2) is 0 Å². The molecule has 3 nitrogen and oxygen atoms in total. The smallest absolute Gasteiger partial charge is 0.0733 e. The van der Waals surface area contributed by atoms with Crippen LogP contribution in [0.15, 0.2) is 0 Å². The van der Waals surface area contributed by atoms with Crippen LogP contribution in [-0.4, -0.2) is 34.5 Å². The molecule has 0 amide bonds. The number of hydrogen-bond acceptors (Lipinski definition) is 3. The average molecular weight is 191 g/mol. The van der Waals surface area contributed by atoms with Crippen molar-refractivity contribution in [1.29, 1.82) is 0 Å². The Hall–Kier alpha value is 0.0700. The summed E-state index contributed by atoms with van der Waals surface area (Å²) in [6.45, 7) is 3.34. The molecule has 1 rings (SSSR count). The van der Waals surface area contributed by atoms with Crippen molar-refractivity contribution in [3.63, 3.8) is 0 Å². The first kappa shape index (κ1) is 10.2. The van der Waals surface area contributed by atoms with Gasteiger partial charge >= 0.3 is 0 Å². The fourth-order valence-electron chi connectivity index (χ4n) is 1.35. The summed E-state index contributed by atoms with van der Waals surface area (Å²) in [7, 11) is -0.787. The minimum Gasteiger partial charge on any atom is -0.380 e. The third-order valence-electron chi connectivity index (χ3n) is 2.10. The third kappa shape index (κ3) is 2.54. The first-order chi connectivity index (χ1) is 5.75. The lowest BCUT2D eigenvalue weighted by molar-refractivity contribution is 0.0904. The van der Waals surface area contributed by atoms with Crippen molar-refractivity contribution < 1.29 is 8.95 Å². The largest absolute Gasteiger partial charge is 0.380 e. The van der Waals surface area contributed by atoms with Gasteiger partial charge in [0, 0.05) is 29.2 Å². The van der Waals surface area contributed by atoms with Gasteiger partial charge in [0.1, 0.15) is 0 Å². The van der Waals surface area contributed by atoms with Gasteiger partial charge in [0.05, 0.1) is 11.9 Å². The van der Waals surface area contributed by atoms with Crippen LogP contribution < -0.4 is 5.73 Å². The van der Waals surface area contributed by atoms with Crippen LogP contribution in [0, 0.1) is 0 Å². The molecule has 4 heteroatoms. The molecule has 1 aliphatic rings. The summed E-state index contributed by atoms with van der Waals surface area (Å²) in [6, 6.07) is 0.0751. The van der Waals surface area contributed by atoms with Gasteiger partial charge in [-0.2, -0.15) is 0 Å². The van der Waals surface area contributed by atoms with E-state index >= 15 is 0 Å². The van der Waals surface area contributed by atoms with Crippen LogP contribution in [0.3, 0.4) is 0 Å². The summed E-state index contributed by atoms with van der Waals surface area (Å²) in [4.78, 5) is 0. The highest BCUT2D eigenvalue weighted by Crippen LogP contribution is 2.12. The first-order valence-electron chi connectivity index (χ1n) is 4.46. The second kappa shape index (κ2) is 4.94. The molecule has 2 N–H and O–H groups in total. The lowest BCUT2D eigenvalue weighted by atomic mass is 10.1. The van der Waals surface area contributed by atoms with Crippen molar-refractivity contribution >= 4 is 10.8 Å². The Kier molecular flexibility index (Phi) is 4.18.